The molecule has 3 rings (SSSR count). The number of pyridine rings is 1. The highest BCUT2D eigenvalue weighted by molar-refractivity contribution is 6.07. The van der Waals surface area contributed by atoms with Gasteiger partial charge in [-0.1, -0.05) is 24.3 Å². The zero-order valence-electron chi connectivity index (χ0n) is 14.8. The molecule has 1 fully saturated rings. The third-order valence-corrected chi connectivity index (χ3v) is 4.55. The van der Waals surface area contributed by atoms with E-state index in [1.807, 2.05) is 12.1 Å². The highest BCUT2D eigenvalue weighted by Crippen LogP contribution is 2.22. The number of anilines is 1. The number of hydrogen-bond donors (Lipinski definition) is 2. The van der Waals surface area contributed by atoms with Crippen LogP contribution >= 0.6 is 0 Å². The van der Waals surface area contributed by atoms with Crippen molar-refractivity contribution in [3.63, 3.8) is 0 Å². The average Bonchev–Trinajstić information content (AvgIpc) is 2.66. The van der Waals surface area contributed by atoms with Gasteiger partial charge in [-0.2, -0.15) is 0 Å². The first kappa shape index (κ1) is 18.1. The van der Waals surface area contributed by atoms with Crippen LogP contribution in [-0.4, -0.2) is 41.0 Å². The van der Waals surface area contributed by atoms with Crippen molar-refractivity contribution in [3.8, 4) is 0 Å². The van der Waals surface area contributed by atoms with E-state index in [0.717, 1.165) is 30.8 Å². The molecule has 6 nitrogen and oxygen atoms in total. The molecule has 2 heterocycles. The second-order valence-corrected chi connectivity index (χ2v) is 6.51. The van der Waals surface area contributed by atoms with Gasteiger partial charge in [0.05, 0.1) is 11.7 Å². The van der Waals surface area contributed by atoms with Gasteiger partial charge in [-0.3, -0.25) is 9.59 Å². The Bertz CT molecular complexity index is 806. The maximum atomic E-state index is 12.5. The molecule has 0 spiro atoms. The molecule has 1 atom stereocenters. The summed E-state index contributed by atoms with van der Waals surface area (Å²) in [5.41, 5.74) is 1.67. The average molecular weight is 353 g/mol. The first-order valence-electron chi connectivity index (χ1n) is 8.81. The second-order valence-electron chi connectivity index (χ2n) is 6.51. The van der Waals surface area contributed by atoms with Gasteiger partial charge in [0, 0.05) is 37.0 Å². The minimum atomic E-state index is -0.351. The summed E-state index contributed by atoms with van der Waals surface area (Å²) < 4.78 is 0. The number of nitrogens with zero attached hydrogens (tertiary/aromatic N) is 2. The van der Waals surface area contributed by atoms with Crippen LogP contribution in [0.4, 0.5) is 5.82 Å². The summed E-state index contributed by atoms with van der Waals surface area (Å²) in [4.78, 5) is 30.8. The number of amides is 1. The summed E-state index contributed by atoms with van der Waals surface area (Å²) >= 11 is 0. The van der Waals surface area contributed by atoms with E-state index < -0.39 is 0 Å². The standard InChI is InChI=1S/C20H23N3O3/c1-14(24)17-8-2-3-9-18(17)20(26)22-12-15-6-4-10-21-19(15)23-11-5-7-16(25)13-23/h2-4,6,8-10,16,25H,5,7,11-13H2,1H3,(H,22,26). The van der Waals surface area contributed by atoms with Crippen molar-refractivity contribution in [2.45, 2.75) is 32.4 Å². The van der Waals surface area contributed by atoms with Crippen LogP contribution in [0.25, 0.3) is 0 Å². The molecule has 1 aromatic heterocycles. The van der Waals surface area contributed by atoms with Crippen molar-refractivity contribution < 1.29 is 14.7 Å². The first-order valence-corrected chi connectivity index (χ1v) is 8.81. The first-order chi connectivity index (χ1) is 12.6. The predicted octanol–water partition coefficient (Wildman–Crippen LogP) is 2.18. The van der Waals surface area contributed by atoms with Crippen LogP contribution in [-0.2, 0) is 6.54 Å². The van der Waals surface area contributed by atoms with Gasteiger partial charge in [0.25, 0.3) is 5.91 Å². The number of carbonyl (C=O) groups excluding carboxylic acids is 2. The second kappa shape index (κ2) is 8.10. The number of aliphatic hydroxyl groups is 1. The summed E-state index contributed by atoms with van der Waals surface area (Å²) in [6.45, 7) is 3.14. The van der Waals surface area contributed by atoms with Gasteiger partial charge in [-0.15, -0.1) is 0 Å². The van der Waals surface area contributed by atoms with Crippen LogP contribution in [0.2, 0.25) is 0 Å². The Hall–Kier alpha value is -2.73. The van der Waals surface area contributed by atoms with E-state index >= 15 is 0 Å². The van der Waals surface area contributed by atoms with Crippen LogP contribution < -0.4 is 10.2 Å². The maximum Gasteiger partial charge on any atom is 0.252 e. The van der Waals surface area contributed by atoms with E-state index in [1.54, 1.807) is 30.5 Å². The van der Waals surface area contributed by atoms with Gasteiger partial charge in [0.1, 0.15) is 5.82 Å². The summed E-state index contributed by atoms with van der Waals surface area (Å²) in [5, 5.41) is 12.8. The SMILES string of the molecule is CC(=O)c1ccccc1C(=O)NCc1cccnc1N1CCCC(O)C1. The van der Waals surface area contributed by atoms with E-state index in [4.69, 9.17) is 0 Å². The Kier molecular flexibility index (Phi) is 5.63. The number of rotatable bonds is 5. The summed E-state index contributed by atoms with van der Waals surface area (Å²) in [6, 6.07) is 10.5. The molecule has 136 valence electrons. The summed E-state index contributed by atoms with van der Waals surface area (Å²) in [5.74, 6) is 0.357. The molecule has 0 saturated carbocycles. The molecule has 0 bridgehead atoms. The number of hydrogen-bond acceptors (Lipinski definition) is 5. The molecule has 26 heavy (non-hydrogen) atoms. The van der Waals surface area contributed by atoms with Gasteiger partial charge in [0.15, 0.2) is 5.78 Å². The van der Waals surface area contributed by atoms with Gasteiger partial charge in [-0.25, -0.2) is 4.98 Å². The number of carbonyl (C=O) groups is 2. The smallest absolute Gasteiger partial charge is 0.252 e. The molecule has 1 aliphatic rings. The van der Waals surface area contributed by atoms with Crippen LogP contribution in [0.3, 0.4) is 0 Å². The zero-order valence-corrected chi connectivity index (χ0v) is 14.8. The number of nitrogens with one attached hydrogen (secondary N) is 1. The van der Waals surface area contributed by atoms with E-state index in [9.17, 15) is 14.7 Å². The van der Waals surface area contributed by atoms with Crippen LogP contribution in [0.1, 0.15) is 46.0 Å². The van der Waals surface area contributed by atoms with E-state index in [1.165, 1.54) is 6.92 Å². The fraction of sp³-hybridized carbons (Fsp3) is 0.350. The van der Waals surface area contributed by atoms with Crippen molar-refractivity contribution in [3.05, 3.63) is 59.3 Å². The Morgan fingerprint density at radius 2 is 2.00 bits per heavy atom. The van der Waals surface area contributed by atoms with E-state index in [0.29, 0.717) is 24.2 Å². The van der Waals surface area contributed by atoms with Crippen molar-refractivity contribution in [1.29, 1.82) is 0 Å². The number of benzene rings is 1. The minimum absolute atomic E-state index is 0.139. The van der Waals surface area contributed by atoms with Crippen LogP contribution in [0.5, 0.6) is 0 Å². The normalized spacial score (nSPS) is 17.0. The maximum absolute atomic E-state index is 12.5. The summed E-state index contributed by atoms with van der Waals surface area (Å²) in [6.07, 6.45) is 3.08. The molecule has 0 radical (unpaired) electrons. The Balaban J connectivity index is 1.74. The van der Waals surface area contributed by atoms with Crippen molar-refractivity contribution >= 4 is 17.5 Å². The van der Waals surface area contributed by atoms with Gasteiger partial charge in [-0.05, 0) is 31.9 Å². The van der Waals surface area contributed by atoms with Gasteiger partial charge < -0.3 is 15.3 Å². The molecule has 2 N–H and O–H groups in total. The van der Waals surface area contributed by atoms with E-state index in [-0.39, 0.29) is 17.8 Å². The van der Waals surface area contributed by atoms with Crippen molar-refractivity contribution in [2.75, 3.05) is 18.0 Å². The molecule has 1 aromatic carbocycles. The molecule has 1 saturated heterocycles. The third-order valence-electron chi connectivity index (χ3n) is 4.55. The lowest BCUT2D eigenvalue weighted by Gasteiger charge is -2.32. The fourth-order valence-electron chi connectivity index (χ4n) is 3.26. The largest absolute Gasteiger partial charge is 0.391 e. The number of Topliss-reactive ketones (excluding diaryl/α,β-unsaturated/α-hetero) is 1. The van der Waals surface area contributed by atoms with Gasteiger partial charge >= 0.3 is 0 Å². The molecule has 0 aliphatic carbocycles. The molecular weight excluding hydrogens is 330 g/mol. The lowest BCUT2D eigenvalue weighted by molar-refractivity contribution is 0.0936. The predicted molar refractivity (Wildman–Crippen MR) is 99.3 cm³/mol. The van der Waals surface area contributed by atoms with Crippen molar-refractivity contribution in [2.24, 2.45) is 0 Å². The lowest BCUT2D eigenvalue weighted by Crippen LogP contribution is -2.39. The fourth-order valence-corrected chi connectivity index (χ4v) is 3.26. The van der Waals surface area contributed by atoms with Crippen molar-refractivity contribution in [1.82, 2.24) is 10.3 Å². The van der Waals surface area contributed by atoms with Crippen LogP contribution in [0, 0.1) is 0 Å². The molecule has 1 unspecified atom stereocenters. The van der Waals surface area contributed by atoms with E-state index in [2.05, 4.69) is 15.2 Å². The molecule has 1 amide bonds. The highest BCUT2D eigenvalue weighted by atomic mass is 16.3. The Labute approximate surface area is 152 Å². The molecule has 2 aromatic rings. The topological polar surface area (TPSA) is 82.5 Å². The third kappa shape index (κ3) is 4.08. The minimum Gasteiger partial charge on any atom is -0.391 e. The van der Waals surface area contributed by atoms with Gasteiger partial charge in [0.2, 0.25) is 0 Å². The lowest BCUT2D eigenvalue weighted by atomic mass is 10.0. The summed E-state index contributed by atoms with van der Waals surface area (Å²) in [7, 11) is 0. The van der Waals surface area contributed by atoms with Crippen LogP contribution in [0.15, 0.2) is 42.6 Å². The number of ketones is 1. The quantitative estimate of drug-likeness (QED) is 0.805. The Morgan fingerprint density at radius 3 is 2.73 bits per heavy atom. The Morgan fingerprint density at radius 1 is 1.23 bits per heavy atom. The zero-order chi connectivity index (χ0) is 18.5. The number of β-amino-alcohol motifs (C(OH)–C–C–N with tert-alkyl or cyclic N) is 1. The number of piperidine rings is 1. The monoisotopic (exact) mass is 353 g/mol. The highest BCUT2D eigenvalue weighted by Gasteiger charge is 2.21. The molecule has 6 heteroatoms. The number of aromatic nitrogens is 1. The number of aliphatic hydroxyl groups excluding tert-OH is 1. The molecule has 1 aliphatic heterocycles. The molecular formula is C20H23N3O3.